The van der Waals surface area contributed by atoms with Crippen molar-refractivity contribution in [3.63, 3.8) is 0 Å². The predicted octanol–water partition coefficient (Wildman–Crippen LogP) is 2.58. The summed E-state index contributed by atoms with van der Waals surface area (Å²) < 4.78 is 0. The van der Waals surface area contributed by atoms with Crippen LogP contribution in [0.5, 0.6) is 0 Å². The second-order valence-electron chi connectivity index (χ2n) is 7.41. The van der Waals surface area contributed by atoms with Gasteiger partial charge in [-0.1, -0.05) is 24.3 Å². The molecular weight excluding hydrogens is 354 g/mol. The number of carbonyl (C=O) groups excluding carboxylic acids is 3. The van der Waals surface area contributed by atoms with Crippen molar-refractivity contribution in [3.05, 3.63) is 59.7 Å². The number of nitrogens with one attached hydrogen (secondary N) is 1. The van der Waals surface area contributed by atoms with E-state index in [1.165, 1.54) is 18.1 Å². The lowest BCUT2D eigenvalue weighted by atomic mass is 9.98. The van der Waals surface area contributed by atoms with Gasteiger partial charge in [-0.25, -0.2) is 0 Å². The minimum atomic E-state index is -0.312. The van der Waals surface area contributed by atoms with Gasteiger partial charge in [-0.15, -0.1) is 0 Å². The summed E-state index contributed by atoms with van der Waals surface area (Å²) in [5, 5.41) is 2.71. The third-order valence-electron chi connectivity index (χ3n) is 5.42. The number of carbonyl (C=O) groups is 3. The molecule has 0 bridgehead atoms. The molecule has 6 nitrogen and oxygen atoms in total. The third kappa shape index (κ3) is 3.63. The van der Waals surface area contributed by atoms with Crippen LogP contribution >= 0.6 is 0 Å². The number of hydrogen-bond acceptors (Lipinski definition) is 3. The van der Waals surface area contributed by atoms with Crippen molar-refractivity contribution in [2.45, 2.75) is 26.3 Å². The highest BCUT2D eigenvalue weighted by atomic mass is 16.2. The molecular formula is C22H23N3O3. The Bertz CT molecular complexity index is 923. The fourth-order valence-electron chi connectivity index (χ4n) is 3.99. The summed E-state index contributed by atoms with van der Waals surface area (Å²) in [7, 11) is 0. The molecule has 1 fully saturated rings. The molecule has 4 rings (SSSR count). The number of fused-ring (bicyclic) bond motifs is 1. The highest BCUT2D eigenvalue weighted by Crippen LogP contribution is 2.29. The third-order valence-corrected chi connectivity index (χ3v) is 5.42. The van der Waals surface area contributed by atoms with E-state index in [1.807, 2.05) is 17.0 Å². The molecule has 0 aliphatic carbocycles. The van der Waals surface area contributed by atoms with E-state index in [4.69, 9.17) is 0 Å². The topological polar surface area (TPSA) is 69.7 Å². The smallest absolute Gasteiger partial charge is 0.228 e. The molecule has 1 N–H and O–H groups in total. The number of hydrogen-bond donors (Lipinski definition) is 1. The molecule has 0 radical (unpaired) electrons. The summed E-state index contributed by atoms with van der Waals surface area (Å²) in [6, 6.07) is 15.3. The number of amides is 3. The average Bonchev–Trinajstić information content (AvgIpc) is 3.09. The highest BCUT2D eigenvalue weighted by molar-refractivity contribution is 6.00. The van der Waals surface area contributed by atoms with Gasteiger partial charge in [0.25, 0.3) is 0 Å². The summed E-state index contributed by atoms with van der Waals surface area (Å²) in [5.74, 6) is -0.435. The van der Waals surface area contributed by atoms with Crippen LogP contribution in [0.4, 0.5) is 11.4 Å². The normalized spacial score (nSPS) is 18.8. The quantitative estimate of drug-likeness (QED) is 0.894. The van der Waals surface area contributed by atoms with Crippen LogP contribution in [-0.4, -0.2) is 35.7 Å². The monoisotopic (exact) mass is 377 g/mol. The first kappa shape index (κ1) is 18.2. The summed E-state index contributed by atoms with van der Waals surface area (Å²) in [5.41, 5.74) is 3.92. The van der Waals surface area contributed by atoms with Crippen molar-refractivity contribution in [1.29, 1.82) is 0 Å². The van der Waals surface area contributed by atoms with Crippen LogP contribution in [0.25, 0.3) is 0 Å². The molecule has 0 saturated carbocycles. The van der Waals surface area contributed by atoms with Crippen molar-refractivity contribution in [3.8, 4) is 0 Å². The molecule has 1 atom stereocenters. The fraction of sp³-hybridized carbons (Fsp3) is 0.318. The van der Waals surface area contributed by atoms with E-state index >= 15 is 0 Å². The molecule has 0 spiro atoms. The molecule has 6 heteroatoms. The van der Waals surface area contributed by atoms with Crippen molar-refractivity contribution in [1.82, 2.24) is 4.90 Å². The van der Waals surface area contributed by atoms with E-state index in [1.54, 1.807) is 29.2 Å². The van der Waals surface area contributed by atoms with E-state index in [0.717, 1.165) is 12.1 Å². The Morgan fingerprint density at radius 3 is 2.46 bits per heavy atom. The molecule has 0 unspecified atom stereocenters. The zero-order valence-electron chi connectivity index (χ0n) is 15.9. The van der Waals surface area contributed by atoms with Crippen LogP contribution in [0, 0.1) is 5.92 Å². The number of nitrogens with zero attached hydrogens (tertiary/aromatic N) is 2. The molecule has 2 heterocycles. The van der Waals surface area contributed by atoms with Gasteiger partial charge in [0.1, 0.15) is 0 Å². The van der Waals surface area contributed by atoms with Crippen LogP contribution in [0.1, 0.15) is 24.5 Å². The van der Waals surface area contributed by atoms with Crippen molar-refractivity contribution in [2.24, 2.45) is 5.92 Å². The second kappa shape index (κ2) is 7.46. The van der Waals surface area contributed by atoms with Crippen molar-refractivity contribution >= 4 is 29.1 Å². The Balaban J connectivity index is 1.43. The van der Waals surface area contributed by atoms with E-state index < -0.39 is 0 Å². The Hall–Kier alpha value is -3.15. The Morgan fingerprint density at radius 2 is 1.75 bits per heavy atom. The number of rotatable bonds is 3. The molecule has 2 aliphatic heterocycles. The first-order valence-corrected chi connectivity index (χ1v) is 9.55. The van der Waals surface area contributed by atoms with Crippen LogP contribution in [0.15, 0.2) is 48.5 Å². The number of anilines is 2. The zero-order chi connectivity index (χ0) is 19.7. The lowest BCUT2D eigenvalue weighted by Gasteiger charge is -2.30. The standard InChI is InChI=1S/C22H23N3O3/c1-15(26)23-19-6-8-20(9-7-19)25-14-18(12-21(25)27)22(28)24-11-10-16-4-2-3-5-17(16)13-24/h2-9,18H,10-14H2,1H3,(H,23,26)/t18-/m0/s1. The Kier molecular flexibility index (Phi) is 4.86. The van der Waals surface area contributed by atoms with Gasteiger partial charge in [0.15, 0.2) is 0 Å². The van der Waals surface area contributed by atoms with E-state index in [2.05, 4.69) is 17.4 Å². The van der Waals surface area contributed by atoms with Gasteiger partial charge < -0.3 is 15.1 Å². The second-order valence-corrected chi connectivity index (χ2v) is 7.41. The van der Waals surface area contributed by atoms with Crippen molar-refractivity contribution in [2.75, 3.05) is 23.3 Å². The first-order chi connectivity index (χ1) is 13.5. The van der Waals surface area contributed by atoms with Gasteiger partial charge in [0, 0.05) is 44.4 Å². The Morgan fingerprint density at radius 1 is 1.04 bits per heavy atom. The SMILES string of the molecule is CC(=O)Nc1ccc(N2C[C@@H](C(=O)N3CCc4ccccc4C3)CC2=O)cc1. The van der Waals surface area contributed by atoms with Crippen LogP contribution in [0.2, 0.25) is 0 Å². The minimum absolute atomic E-state index is 0.0389. The van der Waals surface area contributed by atoms with Gasteiger partial charge >= 0.3 is 0 Å². The van der Waals surface area contributed by atoms with Gasteiger partial charge in [0.05, 0.1) is 5.92 Å². The zero-order valence-corrected chi connectivity index (χ0v) is 15.9. The van der Waals surface area contributed by atoms with Gasteiger partial charge in [-0.3, -0.25) is 14.4 Å². The molecule has 3 amide bonds. The summed E-state index contributed by atoms with van der Waals surface area (Å²) >= 11 is 0. The lowest BCUT2D eigenvalue weighted by Crippen LogP contribution is -2.40. The average molecular weight is 377 g/mol. The first-order valence-electron chi connectivity index (χ1n) is 9.55. The summed E-state index contributed by atoms with van der Waals surface area (Å²) in [6.07, 6.45) is 1.10. The fourth-order valence-corrected chi connectivity index (χ4v) is 3.99. The highest BCUT2D eigenvalue weighted by Gasteiger charge is 2.37. The van der Waals surface area contributed by atoms with Gasteiger partial charge in [0.2, 0.25) is 17.7 Å². The maximum atomic E-state index is 13.0. The van der Waals surface area contributed by atoms with Crippen molar-refractivity contribution < 1.29 is 14.4 Å². The predicted molar refractivity (Wildman–Crippen MR) is 107 cm³/mol. The van der Waals surface area contributed by atoms with Gasteiger partial charge in [-0.05, 0) is 41.8 Å². The van der Waals surface area contributed by atoms with Gasteiger partial charge in [-0.2, -0.15) is 0 Å². The van der Waals surface area contributed by atoms with E-state index in [0.29, 0.717) is 25.3 Å². The van der Waals surface area contributed by atoms with Crippen LogP contribution in [0.3, 0.4) is 0 Å². The molecule has 0 aromatic heterocycles. The van der Waals surface area contributed by atoms with Crippen LogP contribution < -0.4 is 10.2 Å². The largest absolute Gasteiger partial charge is 0.338 e. The summed E-state index contributed by atoms with van der Waals surface area (Å²) in [4.78, 5) is 40.2. The van der Waals surface area contributed by atoms with E-state index in [9.17, 15) is 14.4 Å². The minimum Gasteiger partial charge on any atom is -0.338 e. The van der Waals surface area contributed by atoms with Crippen LogP contribution in [-0.2, 0) is 27.3 Å². The molecule has 2 aromatic carbocycles. The molecule has 2 aromatic rings. The maximum Gasteiger partial charge on any atom is 0.228 e. The molecule has 2 aliphatic rings. The molecule has 1 saturated heterocycles. The van der Waals surface area contributed by atoms with E-state index in [-0.39, 0.29) is 30.1 Å². The molecule has 144 valence electrons. The Labute approximate surface area is 164 Å². The maximum absolute atomic E-state index is 13.0. The summed E-state index contributed by atoms with van der Waals surface area (Å²) in [6.45, 7) is 3.17. The molecule has 28 heavy (non-hydrogen) atoms. The lowest BCUT2D eigenvalue weighted by molar-refractivity contribution is -0.136. The number of benzene rings is 2.